The van der Waals surface area contributed by atoms with Crippen molar-refractivity contribution in [3.8, 4) is 0 Å². The van der Waals surface area contributed by atoms with E-state index >= 15 is 0 Å². The molecule has 4 rings (SSSR count). The van der Waals surface area contributed by atoms with Crippen molar-refractivity contribution in [3.63, 3.8) is 0 Å². The van der Waals surface area contributed by atoms with Gasteiger partial charge in [-0.05, 0) is 17.7 Å². The van der Waals surface area contributed by atoms with E-state index in [0.29, 0.717) is 16.7 Å². The van der Waals surface area contributed by atoms with Crippen LogP contribution in [0.1, 0.15) is 17.9 Å². The highest BCUT2D eigenvalue weighted by Crippen LogP contribution is 2.41. The zero-order valence-corrected chi connectivity index (χ0v) is 13.9. The molecule has 0 radical (unpaired) electrons. The molecule has 6 nitrogen and oxygen atoms in total. The third-order valence-electron chi connectivity index (χ3n) is 4.40. The average molecular weight is 357 g/mol. The Morgan fingerprint density at radius 3 is 2.64 bits per heavy atom. The Kier molecular flexibility index (Phi) is 3.54. The Morgan fingerprint density at radius 2 is 1.88 bits per heavy atom. The lowest BCUT2D eigenvalue weighted by molar-refractivity contribution is -0.137. The largest absolute Gasteiger partial charge is 0.481 e. The van der Waals surface area contributed by atoms with Crippen LogP contribution in [0.15, 0.2) is 64.1 Å². The van der Waals surface area contributed by atoms with Crippen molar-refractivity contribution in [3.05, 3.63) is 60.2 Å². The molecule has 7 heteroatoms. The van der Waals surface area contributed by atoms with Gasteiger partial charge in [-0.3, -0.25) is 9.10 Å². The van der Waals surface area contributed by atoms with Crippen LogP contribution < -0.4 is 4.31 Å². The van der Waals surface area contributed by atoms with Crippen LogP contribution in [0.25, 0.3) is 11.0 Å². The van der Waals surface area contributed by atoms with Crippen molar-refractivity contribution in [1.82, 2.24) is 0 Å². The molecule has 0 bridgehead atoms. The van der Waals surface area contributed by atoms with Crippen LogP contribution in [0.5, 0.6) is 0 Å². The Morgan fingerprint density at radius 1 is 1.16 bits per heavy atom. The summed E-state index contributed by atoms with van der Waals surface area (Å²) in [6.07, 6.45) is -0.122. The number of benzene rings is 2. The Labute approximate surface area is 144 Å². The summed E-state index contributed by atoms with van der Waals surface area (Å²) >= 11 is 0. The van der Waals surface area contributed by atoms with E-state index in [1.807, 2.05) is 6.07 Å². The summed E-state index contributed by atoms with van der Waals surface area (Å²) in [5.74, 6) is -1.34. The van der Waals surface area contributed by atoms with Crippen molar-refractivity contribution < 1.29 is 22.7 Å². The number of anilines is 1. The van der Waals surface area contributed by atoms with Crippen LogP contribution in [-0.2, 0) is 14.8 Å². The zero-order valence-electron chi connectivity index (χ0n) is 13.1. The quantitative estimate of drug-likeness (QED) is 0.775. The Hall–Kier alpha value is -2.80. The Bertz CT molecular complexity index is 1040. The van der Waals surface area contributed by atoms with Gasteiger partial charge in [0.1, 0.15) is 5.58 Å². The number of hydrogen-bond acceptors (Lipinski definition) is 4. The first-order valence-corrected chi connectivity index (χ1v) is 9.23. The van der Waals surface area contributed by atoms with E-state index in [2.05, 4.69) is 0 Å². The van der Waals surface area contributed by atoms with Crippen LogP contribution in [0.2, 0.25) is 0 Å². The predicted octanol–water partition coefficient (Wildman–Crippen LogP) is 3.20. The molecule has 2 aromatic carbocycles. The molecule has 0 saturated heterocycles. The van der Waals surface area contributed by atoms with E-state index < -0.39 is 16.0 Å². The van der Waals surface area contributed by atoms with Crippen LogP contribution in [0.4, 0.5) is 5.69 Å². The lowest BCUT2D eigenvalue weighted by atomic mass is 9.98. The summed E-state index contributed by atoms with van der Waals surface area (Å²) in [6.45, 7) is 0.0883. The molecule has 1 atom stereocenters. The average Bonchev–Trinajstić information content (AvgIpc) is 3.17. The van der Waals surface area contributed by atoms with Crippen LogP contribution in [0.3, 0.4) is 0 Å². The van der Waals surface area contributed by atoms with E-state index in [9.17, 15) is 13.2 Å². The molecule has 1 unspecified atom stereocenters. The minimum absolute atomic E-state index is 0.0883. The van der Waals surface area contributed by atoms with Crippen LogP contribution >= 0.6 is 0 Å². The van der Waals surface area contributed by atoms with Gasteiger partial charge in [0.05, 0.1) is 12.1 Å². The second kappa shape index (κ2) is 5.63. The number of para-hydroxylation sites is 2. The van der Waals surface area contributed by atoms with Gasteiger partial charge in [-0.15, -0.1) is 0 Å². The highest BCUT2D eigenvalue weighted by atomic mass is 32.2. The van der Waals surface area contributed by atoms with Gasteiger partial charge in [-0.2, -0.15) is 8.42 Å². The van der Waals surface area contributed by atoms with E-state index in [4.69, 9.17) is 9.52 Å². The number of carbonyl (C=O) groups is 1. The first-order chi connectivity index (χ1) is 12.0. The molecule has 128 valence electrons. The van der Waals surface area contributed by atoms with Crippen molar-refractivity contribution in [2.24, 2.45) is 0 Å². The maximum absolute atomic E-state index is 13.1. The maximum Gasteiger partial charge on any atom is 0.304 e. The molecule has 1 aliphatic heterocycles. The van der Waals surface area contributed by atoms with Gasteiger partial charge < -0.3 is 9.52 Å². The first kappa shape index (κ1) is 15.7. The summed E-state index contributed by atoms with van der Waals surface area (Å²) in [4.78, 5) is 11.1. The number of rotatable bonds is 4. The van der Waals surface area contributed by atoms with Crippen LogP contribution in [0, 0.1) is 0 Å². The van der Waals surface area contributed by atoms with Gasteiger partial charge in [-0.25, -0.2) is 0 Å². The van der Waals surface area contributed by atoms with Crippen molar-refractivity contribution in [1.29, 1.82) is 0 Å². The molecule has 3 aromatic rings. The number of fused-ring (bicyclic) bond motifs is 2. The minimum Gasteiger partial charge on any atom is -0.481 e. The fourth-order valence-corrected chi connectivity index (χ4v) is 4.75. The smallest absolute Gasteiger partial charge is 0.304 e. The molecule has 0 amide bonds. The molecule has 0 spiro atoms. The molecule has 0 aliphatic carbocycles. The van der Waals surface area contributed by atoms with Gasteiger partial charge in [0.2, 0.25) is 5.09 Å². The highest BCUT2D eigenvalue weighted by molar-refractivity contribution is 7.92. The summed E-state index contributed by atoms with van der Waals surface area (Å²) in [5, 5.41) is 9.68. The van der Waals surface area contributed by atoms with E-state index in [0.717, 1.165) is 5.56 Å². The van der Waals surface area contributed by atoms with E-state index in [-0.39, 0.29) is 24.0 Å². The standard InChI is InChI=1S/C18H15NO5S/c20-17(21)9-13-11-19(15-7-3-2-6-14(13)15)25(22,23)18-10-12-5-1-4-8-16(12)24-18/h1-8,10,13H,9,11H2,(H,20,21). The summed E-state index contributed by atoms with van der Waals surface area (Å²) in [5.41, 5.74) is 1.73. The number of nitrogens with zero attached hydrogens (tertiary/aromatic N) is 1. The van der Waals surface area contributed by atoms with Crippen molar-refractivity contribution in [2.45, 2.75) is 17.4 Å². The van der Waals surface area contributed by atoms with Gasteiger partial charge in [0.15, 0.2) is 0 Å². The number of carboxylic acids is 1. The molecule has 0 fully saturated rings. The van der Waals surface area contributed by atoms with Crippen molar-refractivity contribution in [2.75, 3.05) is 10.8 Å². The fraction of sp³-hybridized carbons (Fsp3) is 0.167. The molecule has 2 heterocycles. The highest BCUT2D eigenvalue weighted by Gasteiger charge is 2.38. The normalized spacial score (nSPS) is 17.0. The SMILES string of the molecule is O=C(O)CC1CN(S(=O)(=O)c2cc3ccccc3o2)c2ccccc21. The third kappa shape index (κ3) is 2.56. The third-order valence-corrected chi connectivity index (χ3v) is 6.04. The lowest BCUT2D eigenvalue weighted by Crippen LogP contribution is -2.30. The molecule has 25 heavy (non-hydrogen) atoms. The van der Waals surface area contributed by atoms with Crippen molar-refractivity contribution >= 4 is 32.6 Å². The molecule has 0 saturated carbocycles. The maximum atomic E-state index is 13.1. The summed E-state index contributed by atoms with van der Waals surface area (Å²) < 4.78 is 32.9. The molecule has 1 aliphatic rings. The molecular formula is C18H15NO5S. The predicted molar refractivity (Wildman–Crippen MR) is 92.2 cm³/mol. The Balaban J connectivity index is 1.79. The monoisotopic (exact) mass is 357 g/mol. The molecule has 1 N–H and O–H groups in total. The zero-order chi connectivity index (χ0) is 17.6. The summed E-state index contributed by atoms with van der Waals surface area (Å²) in [7, 11) is -3.91. The number of aliphatic carboxylic acids is 1. The number of furan rings is 1. The molecule has 1 aromatic heterocycles. The lowest BCUT2D eigenvalue weighted by Gasteiger charge is -2.18. The first-order valence-electron chi connectivity index (χ1n) is 7.79. The summed E-state index contributed by atoms with van der Waals surface area (Å²) in [6, 6.07) is 15.6. The minimum atomic E-state index is -3.91. The fourth-order valence-electron chi connectivity index (χ4n) is 3.26. The number of carboxylic acid groups (broad SMARTS) is 1. The number of hydrogen-bond donors (Lipinski definition) is 1. The van der Waals surface area contributed by atoms with Gasteiger partial charge in [0.25, 0.3) is 10.0 Å². The second-order valence-electron chi connectivity index (χ2n) is 5.99. The number of sulfonamides is 1. The van der Waals surface area contributed by atoms with Gasteiger partial charge in [0, 0.05) is 23.9 Å². The van der Waals surface area contributed by atoms with Gasteiger partial charge in [-0.1, -0.05) is 36.4 Å². The van der Waals surface area contributed by atoms with Crippen LogP contribution in [-0.4, -0.2) is 26.0 Å². The van der Waals surface area contributed by atoms with E-state index in [1.165, 1.54) is 10.4 Å². The topological polar surface area (TPSA) is 87.8 Å². The van der Waals surface area contributed by atoms with E-state index in [1.54, 1.807) is 42.5 Å². The van der Waals surface area contributed by atoms with Gasteiger partial charge >= 0.3 is 5.97 Å². The second-order valence-corrected chi connectivity index (χ2v) is 7.79. The molecular weight excluding hydrogens is 342 g/mol.